The second-order valence-corrected chi connectivity index (χ2v) is 6.10. The fourth-order valence-corrected chi connectivity index (χ4v) is 3.14. The van der Waals surface area contributed by atoms with Gasteiger partial charge in [0.2, 0.25) is 0 Å². The van der Waals surface area contributed by atoms with E-state index in [0.717, 1.165) is 35.4 Å². The SMILES string of the molecule is Cc1cc(Nc2nccs2)nc(C2CCCCN2C)n1. The van der Waals surface area contributed by atoms with Crippen LogP contribution in [0.25, 0.3) is 0 Å². The molecule has 1 aliphatic heterocycles. The van der Waals surface area contributed by atoms with E-state index in [-0.39, 0.29) is 0 Å². The molecule has 2 aromatic rings. The zero-order chi connectivity index (χ0) is 13.9. The van der Waals surface area contributed by atoms with Gasteiger partial charge in [-0.05, 0) is 33.4 Å². The van der Waals surface area contributed by atoms with E-state index in [1.165, 1.54) is 12.8 Å². The summed E-state index contributed by atoms with van der Waals surface area (Å²) < 4.78 is 0. The second-order valence-electron chi connectivity index (χ2n) is 5.21. The molecule has 5 nitrogen and oxygen atoms in total. The van der Waals surface area contributed by atoms with Gasteiger partial charge in [-0.3, -0.25) is 4.90 Å². The van der Waals surface area contributed by atoms with Crippen LogP contribution in [0.5, 0.6) is 0 Å². The Kier molecular flexibility index (Phi) is 3.93. The highest BCUT2D eigenvalue weighted by Gasteiger charge is 2.23. The smallest absolute Gasteiger partial charge is 0.188 e. The third kappa shape index (κ3) is 2.96. The topological polar surface area (TPSA) is 53.9 Å². The van der Waals surface area contributed by atoms with Crippen molar-refractivity contribution < 1.29 is 0 Å². The number of hydrogen-bond donors (Lipinski definition) is 1. The largest absolute Gasteiger partial charge is 0.316 e. The summed E-state index contributed by atoms with van der Waals surface area (Å²) in [6, 6.07) is 2.30. The summed E-state index contributed by atoms with van der Waals surface area (Å²) in [5, 5.41) is 6.07. The summed E-state index contributed by atoms with van der Waals surface area (Å²) in [4.78, 5) is 15.9. The number of likely N-dealkylation sites (tertiary alicyclic amines) is 1. The first kappa shape index (κ1) is 13.5. The van der Waals surface area contributed by atoms with Crippen molar-refractivity contribution in [2.24, 2.45) is 0 Å². The van der Waals surface area contributed by atoms with Crippen molar-refractivity contribution >= 4 is 22.3 Å². The predicted octanol–water partition coefficient (Wildman–Crippen LogP) is 3.14. The Balaban J connectivity index is 1.86. The average molecular weight is 289 g/mol. The van der Waals surface area contributed by atoms with Gasteiger partial charge in [-0.25, -0.2) is 15.0 Å². The fourth-order valence-electron chi connectivity index (χ4n) is 2.60. The van der Waals surface area contributed by atoms with Crippen molar-refractivity contribution in [3.63, 3.8) is 0 Å². The number of piperidine rings is 1. The van der Waals surface area contributed by atoms with Crippen LogP contribution in [0, 0.1) is 6.92 Å². The summed E-state index contributed by atoms with van der Waals surface area (Å²) in [7, 11) is 2.16. The van der Waals surface area contributed by atoms with Crippen molar-refractivity contribution in [3.05, 3.63) is 29.2 Å². The number of aromatic nitrogens is 3. The van der Waals surface area contributed by atoms with Crippen LogP contribution in [-0.2, 0) is 0 Å². The van der Waals surface area contributed by atoms with Gasteiger partial charge < -0.3 is 5.32 Å². The monoisotopic (exact) mass is 289 g/mol. The molecule has 0 spiro atoms. The van der Waals surface area contributed by atoms with E-state index in [2.05, 4.69) is 32.2 Å². The van der Waals surface area contributed by atoms with Gasteiger partial charge in [0.05, 0.1) is 6.04 Å². The predicted molar refractivity (Wildman–Crippen MR) is 81.4 cm³/mol. The molecule has 6 heteroatoms. The number of hydrogen-bond acceptors (Lipinski definition) is 6. The summed E-state index contributed by atoms with van der Waals surface area (Å²) >= 11 is 1.57. The Bertz CT molecular complexity index is 569. The van der Waals surface area contributed by atoms with Crippen molar-refractivity contribution in [3.8, 4) is 0 Å². The summed E-state index contributed by atoms with van der Waals surface area (Å²) in [5.74, 6) is 1.76. The molecule has 0 amide bonds. The fraction of sp³-hybridized carbons (Fsp3) is 0.500. The number of rotatable bonds is 3. The highest BCUT2D eigenvalue weighted by Crippen LogP contribution is 2.28. The molecule has 1 saturated heterocycles. The number of thiazole rings is 1. The lowest BCUT2D eigenvalue weighted by Gasteiger charge is -2.31. The van der Waals surface area contributed by atoms with Gasteiger partial charge in [0.15, 0.2) is 5.13 Å². The van der Waals surface area contributed by atoms with Crippen molar-refractivity contribution in [1.82, 2.24) is 19.9 Å². The molecule has 0 aliphatic carbocycles. The van der Waals surface area contributed by atoms with E-state index in [0.29, 0.717) is 6.04 Å². The van der Waals surface area contributed by atoms with Crippen LogP contribution >= 0.6 is 11.3 Å². The lowest BCUT2D eigenvalue weighted by atomic mass is 10.0. The van der Waals surface area contributed by atoms with Crippen LogP contribution < -0.4 is 5.32 Å². The first-order valence-electron chi connectivity index (χ1n) is 6.95. The molecular weight excluding hydrogens is 270 g/mol. The van der Waals surface area contributed by atoms with E-state index in [1.807, 2.05) is 18.4 Å². The minimum atomic E-state index is 0.334. The van der Waals surface area contributed by atoms with Crippen LogP contribution in [-0.4, -0.2) is 33.4 Å². The van der Waals surface area contributed by atoms with Gasteiger partial charge in [0.1, 0.15) is 11.6 Å². The molecule has 0 radical (unpaired) electrons. The number of anilines is 2. The lowest BCUT2D eigenvalue weighted by Crippen LogP contribution is -2.31. The molecule has 1 aliphatic rings. The van der Waals surface area contributed by atoms with Gasteiger partial charge >= 0.3 is 0 Å². The molecule has 1 fully saturated rings. The molecular formula is C14H19N5S. The quantitative estimate of drug-likeness (QED) is 0.940. The molecule has 2 aromatic heterocycles. The molecule has 3 heterocycles. The highest BCUT2D eigenvalue weighted by atomic mass is 32.1. The third-order valence-electron chi connectivity index (χ3n) is 3.61. The molecule has 0 aromatic carbocycles. The van der Waals surface area contributed by atoms with Crippen molar-refractivity contribution in [2.45, 2.75) is 32.2 Å². The van der Waals surface area contributed by atoms with Gasteiger partial charge in [-0.1, -0.05) is 6.42 Å². The van der Waals surface area contributed by atoms with E-state index >= 15 is 0 Å². The van der Waals surface area contributed by atoms with E-state index in [9.17, 15) is 0 Å². The number of aryl methyl sites for hydroxylation is 1. The molecule has 20 heavy (non-hydrogen) atoms. The number of nitrogens with one attached hydrogen (secondary N) is 1. The Morgan fingerprint density at radius 2 is 2.25 bits per heavy atom. The summed E-state index contributed by atoms with van der Waals surface area (Å²) in [5.41, 5.74) is 0.994. The van der Waals surface area contributed by atoms with Gasteiger partial charge in [-0.15, -0.1) is 11.3 Å². The maximum Gasteiger partial charge on any atom is 0.188 e. The molecule has 1 N–H and O–H groups in total. The molecule has 106 valence electrons. The second kappa shape index (κ2) is 5.85. The van der Waals surface area contributed by atoms with Crippen molar-refractivity contribution in [1.29, 1.82) is 0 Å². The molecule has 1 unspecified atom stereocenters. The normalized spacial score (nSPS) is 20.0. The van der Waals surface area contributed by atoms with E-state index in [1.54, 1.807) is 17.5 Å². The minimum absolute atomic E-state index is 0.334. The maximum absolute atomic E-state index is 4.69. The lowest BCUT2D eigenvalue weighted by molar-refractivity contribution is 0.179. The third-order valence-corrected chi connectivity index (χ3v) is 4.30. The highest BCUT2D eigenvalue weighted by molar-refractivity contribution is 7.13. The zero-order valence-corrected chi connectivity index (χ0v) is 12.7. The Hall–Kier alpha value is -1.53. The zero-order valence-electron chi connectivity index (χ0n) is 11.8. The van der Waals surface area contributed by atoms with Crippen LogP contribution in [0.3, 0.4) is 0 Å². The summed E-state index contributed by atoms with van der Waals surface area (Å²) in [6.07, 6.45) is 5.44. The number of nitrogens with zero attached hydrogens (tertiary/aromatic N) is 4. The van der Waals surface area contributed by atoms with Crippen LogP contribution in [0.2, 0.25) is 0 Å². The molecule has 3 rings (SSSR count). The van der Waals surface area contributed by atoms with Gasteiger partial charge in [0.25, 0.3) is 0 Å². The molecule has 0 saturated carbocycles. The minimum Gasteiger partial charge on any atom is -0.316 e. The standard InChI is InChI=1S/C14H19N5S/c1-10-9-12(18-14-15-6-8-20-14)17-13(16-10)11-5-3-4-7-19(11)2/h6,8-9,11H,3-5,7H2,1-2H3,(H,15,16,17,18). The van der Waals surface area contributed by atoms with Gasteiger partial charge in [0, 0.05) is 23.3 Å². The Labute approximate surface area is 123 Å². The maximum atomic E-state index is 4.69. The first-order valence-corrected chi connectivity index (χ1v) is 7.82. The average Bonchev–Trinajstić information content (AvgIpc) is 2.91. The summed E-state index contributed by atoms with van der Waals surface area (Å²) in [6.45, 7) is 3.14. The van der Waals surface area contributed by atoms with Crippen molar-refractivity contribution in [2.75, 3.05) is 18.9 Å². The van der Waals surface area contributed by atoms with Crippen LogP contribution in [0.1, 0.15) is 36.8 Å². The molecule has 1 atom stereocenters. The molecule has 0 bridgehead atoms. The van der Waals surface area contributed by atoms with E-state index < -0.39 is 0 Å². The van der Waals surface area contributed by atoms with Crippen LogP contribution in [0.15, 0.2) is 17.6 Å². The van der Waals surface area contributed by atoms with E-state index in [4.69, 9.17) is 0 Å². The Morgan fingerprint density at radius 1 is 1.35 bits per heavy atom. The van der Waals surface area contributed by atoms with Gasteiger partial charge in [-0.2, -0.15) is 0 Å². The Morgan fingerprint density at radius 3 is 3.00 bits per heavy atom. The van der Waals surface area contributed by atoms with Crippen LogP contribution in [0.4, 0.5) is 10.9 Å². The first-order chi connectivity index (χ1) is 9.72.